The number of aliphatic hydroxyl groups is 1. The number of hydrogen-bond donors (Lipinski definition) is 8. The molecule has 2 heterocycles. The largest absolute Gasteiger partial charge is 0.480 e. The number of rotatable bonds is 14. The lowest BCUT2D eigenvalue weighted by Crippen LogP contribution is -2.54. The van der Waals surface area contributed by atoms with Crippen LogP contribution in [0.5, 0.6) is 0 Å². The molecule has 0 aliphatic carbocycles. The number of benzene rings is 1. The number of guanidine groups is 1. The quantitative estimate of drug-likeness (QED) is 0.0614. The highest BCUT2D eigenvalue weighted by Crippen LogP contribution is 2.27. The van der Waals surface area contributed by atoms with Crippen LogP contribution in [0.4, 0.5) is 0 Å². The van der Waals surface area contributed by atoms with Crippen molar-refractivity contribution in [3.63, 3.8) is 0 Å². The molecule has 0 spiro atoms. The highest BCUT2D eigenvalue weighted by atomic mass is 16.4. The number of furan rings is 1. The Hall–Kier alpha value is -4.43. The lowest BCUT2D eigenvalue weighted by Gasteiger charge is -2.23. The fraction of sp³-hybridized carbons (Fsp3) is 0.483. The van der Waals surface area contributed by atoms with E-state index in [-0.39, 0.29) is 38.2 Å². The van der Waals surface area contributed by atoms with Gasteiger partial charge in [0.25, 0.3) is 0 Å². The molecule has 2 aromatic rings. The summed E-state index contributed by atoms with van der Waals surface area (Å²) in [6, 6.07) is 2.28. The molecule has 1 aliphatic rings. The maximum Gasteiger partial charge on any atom is 0.326 e. The number of amides is 3. The third kappa shape index (κ3) is 9.03. The van der Waals surface area contributed by atoms with Crippen LogP contribution in [0.1, 0.15) is 43.1 Å². The molecule has 234 valence electrons. The maximum atomic E-state index is 13.0. The van der Waals surface area contributed by atoms with Crippen molar-refractivity contribution >= 4 is 40.6 Å². The van der Waals surface area contributed by atoms with E-state index in [0.29, 0.717) is 24.4 Å². The average Bonchev–Trinajstić information content (AvgIpc) is 3.53. The Morgan fingerprint density at radius 1 is 1.12 bits per heavy atom. The van der Waals surface area contributed by atoms with Crippen LogP contribution in [0.15, 0.2) is 34.3 Å². The SMILES string of the molecule is Cc1ccc2c(C)c(CC(NC(=O)CCCNC(=O)C(CC3=CCN(C(=N)N)C3)NC(=O)C(N)C(C)O)C(=O)O)oc2c1. The fourth-order valence-corrected chi connectivity index (χ4v) is 4.72. The summed E-state index contributed by atoms with van der Waals surface area (Å²) >= 11 is 0. The molecular weight excluding hydrogens is 558 g/mol. The van der Waals surface area contributed by atoms with E-state index in [2.05, 4.69) is 16.0 Å². The number of fused-ring (bicyclic) bond motifs is 1. The topological polar surface area (TPSA) is 237 Å². The lowest BCUT2D eigenvalue weighted by atomic mass is 10.0. The highest BCUT2D eigenvalue weighted by molar-refractivity contribution is 5.90. The van der Waals surface area contributed by atoms with Crippen LogP contribution in [-0.2, 0) is 25.6 Å². The molecule has 0 radical (unpaired) electrons. The number of carbonyl (C=O) groups excluding carboxylic acids is 3. The fourth-order valence-electron chi connectivity index (χ4n) is 4.72. The molecule has 1 aromatic carbocycles. The van der Waals surface area contributed by atoms with Gasteiger partial charge in [-0.2, -0.15) is 0 Å². The Bertz CT molecular complexity index is 1400. The van der Waals surface area contributed by atoms with Crippen LogP contribution < -0.4 is 27.4 Å². The summed E-state index contributed by atoms with van der Waals surface area (Å²) in [4.78, 5) is 51.5. The standard InChI is InChI=1S/C29H41N7O7/c1-15-6-7-19-16(2)22(43-23(19)11-15)13-21(28(41)42)34-24(38)5-4-9-33-26(39)20(35-27(40)25(30)17(3)37)12-18-8-10-36(14-18)29(31)32/h6-8,11,17,20-21,25,37H,4-5,9-10,12-14,30H2,1-3H3,(H3,31,32)(H,33,39)(H,34,38)(H,35,40)(H,41,42). The number of aryl methyl sites for hydroxylation is 2. The van der Waals surface area contributed by atoms with Gasteiger partial charge in [-0.3, -0.25) is 19.8 Å². The van der Waals surface area contributed by atoms with Crippen LogP contribution in [0.2, 0.25) is 0 Å². The molecule has 0 saturated heterocycles. The third-order valence-electron chi connectivity index (χ3n) is 7.35. The van der Waals surface area contributed by atoms with Crippen molar-refractivity contribution in [2.24, 2.45) is 11.5 Å². The number of carboxylic acid groups (broad SMARTS) is 1. The van der Waals surface area contributed by atoms with Gasteiger partial charge in [0.15, 0.2) is 5.96 Å². The van der Waals surface area contributed by atoms with Gasteiger partial charge in [-0.25, -0.2) is 4.79 Å². The summed E-state index contributed by atoms with van der Waals surface area (Å²) in [5.74, 6) is -2.55. The van der Waals surface area contributed by atoms with E-state index >= 15 is 0 Å². The summed E-state index contributed by atoms with van der Waals surface area (Å²) < 4.78 is 5.87. The lowest BCUT2D eigenvalue weighted by molar-refractivity contribution is -0.141. The van der Waals surface area contributed by atoms with E-state index in [1.165, 1.54) is 6.92 Å². The van der Waals surface area contributed by atoms with Crippen LogP contribution in [0.3, 0.4) is 0 Å². The molecule has 4 atom stereocenters. The van der Waals surface area contributed by atoms with Gasteiger partial charge in [-0.15, -0.1) is 0 Å². The summed E-state index contributed by atoms with van der Waals surface area (Å²) in [5.41, 5.74) is 14.5. The molecule has 1 aromatic heterocycles. The minimum absolute atomic E-state index is 0.0236. The molecule has 0 bridgehead atoms. The Morgan fingerprint density at radius 2 is 1.84 bits per heavy atom. The molecule has 3 rings (SSSR count). The van der Waals surface area contributed by atoms with E-state index in [0.717, 1.165) is 22.1 Å². The van der Waals surface area contributed by atoms with Crippen LogP contribution in [0, 0.1) is 19.3 Å². The summed E-state index contributed by atoms with van der Waals surface area (Å²) in [6.45, 7) is 5.95. The maximum absolute atomic E-state index is 13.0. The van der Waals surface area contributed by atoms with Crippen molar-refractivity contribution in [2.75, 3.05) is 19.6 Å². The normalized spacial score (nSPS) is 15.7. The van der Waals surface area contributed by atoms with Gasteiger partial charge in [0.2, 0.25) is 17.7 Å². The molecule has 43 heavy (non-hydrogen) atoms. The number of hydrogen-bond acceptors (Lipinski definition) is 8. The first-order valence-electron chi connectivity index (χ1n) is 14.1. The zero-order valence-electron chi connectivity index (χ0n) is 24.6. The molecule has 3 amide bonds. The van der Waals surface area contributed by atoms with Gasteiger partial charge in [-0.1, -0.05) is 23.8 Å². The van der Waals surface area contributed by atoms with Gasteiger partial charge >= 0.3 is 5.97 Å². The van der Waals surface area contributed by atoms with E-state index in [1.54, 1.807) is 4.90 Å². The Kier molecular flexibility index (Phi) is 11.3. The molecule has 10 N–H and O–H groups in total. The number of nitrogens with zero attached hydrogens (tertiary/aromatic N) is 1. The number of carboxylic acids is 1. The molecule has 14 heteroatoms. The zero-order valence-corrected chi connectivity index (χ0v) is 24.6. The smallest absolute Gasteiger partial charge is 0.326 e. The highest BCUT2D eigenvalue weighted by Gasteiger charge is 2.29. The van der Waals surface area contributed by atoms with Crippen molar-refractivity contribution in [3.05, 3.63) is 46.7 Å². The third-order valence-corrected chi connectivity index (χ3v) is 7.35. The zero-order chi connectivity index (χ0) is 31.8. The van der Waals surface area contributed by atoms with E-state index in [1.807, 2.05) is 38.1 Å². The van der Waals surface area contributed by atoms with E-state index < -0.39 is 47.9 Å². The van der Waals surface area contributed by atoms with Gasteiger partial charge in [0.05, 0.1) is 6.10 Å². The van der Waals surface area contributed by atoms with Gasteiger partial charge in [-0.05, 0) is 50.8 Å². The molecule has 0 fully saturated rings. The van der Waals surface area contributed by atoms with Crippen LogP contribution >= 0.6 is 0 Å². The van der Waals surface area contributed by atoms with Crippen molar-refractivity contribution in [3.8, 4) is 0 Å². The van der Waals surface area contributed by atoms with Crippen molar-refractivity contribution in [1.29, 1.82) is 5.41 Å². The second kappa shape index (κ2) is 14.6. The van der Waals surface area contributed by atoms with Crippen molar-refractivity contribution in [2.45, 2.75) is 70.7 Å². The predicted molar refractivity (Wildman–Crippen MR) is 159 cm³/mol. The monoisotopic (exact) mass is 599 g/mol. The average molecular weight is 600 g/mol. The molecular formula is C29H41N7O7. The Balaban J connectivity index is 1.53. The number of carbonyl (C=O) groups is 4. The molecule has 1 aliphatic heterocycles. The van der Waals surface area contributed by atoms with Gasteiger partial charge in [0.1, 0.15) is 29.5 Å². The number of nitrogens with one attached hydrogen (secondary N) is 4. The Morgan fingerprint density at radius 3 is 2.47 bits per heavy atom. The number of nitrogens with two attached hydrogens (primary N) is 2. The molecule has 4 unspecified atom stereocenters. The molecule has 14 nitrogen and oxygen atoms in total. The first kappa shape index (κ1) is 33.1. The van der Waals surface area contributed by atoms with Gasteiger partial charge in [0, 0.05) is 37.9 Å². The minimum Gasteiger partial charge on any atom is -0.480 e. The minimum atomic E-state index is -1.24. The van der Waals surface area contributed by atoms with Crippen molar-refractivity contribution < 1.29 is 33.8 Å². The first-order valence-corrected chi connectivity index (χ1v) is 14.1. The van der Waals surface area contributed by atoms with Gasteiger partial charge < -0.3 is 46.9 Å². The Labute approximate surface area is 249 Å². The van der Waals surface area contributed by atoms with E-state index in [9.17, 15) is 29.4 Å². The van der Waals surface area contributed by atoms with Crippen molar-refractivity contribution in [1.82, 2.24) is 20.9 Å². The second-order valence-corrected chi connectivity index (χ2v) is 10.9. The number of aliphatic hydroxyl groups excluding tert-OH is 1. The summed E-state index contributed by atoms with van der Waals surface area (Å²) in [6.07, 6.45) is 0.960. The summed E-state index contributed by atoms with van der Waals surface area (Å²) in [7, 11) is 0. The summed E-state index contributed by atoms with van der Waals surface area (Å²) in [5, 5.41) is 35.6. The first-order chi connectivity index (χ1) is 20.3. The number of aliphatic carboxylic acids is 1. The predicted octanol–water partition coefficient (Wildman–Crippen LogP) is -0.224. The van der Waals surface area contributed by atoms with Crippen LogP contribution in [-0.4, -0.2) is 88.6 Å². The van der Waals surface area contributed by atoms with E-state index in [4.69, 9.17) is 21.3 Å². The molecule has 0 saturated carbocycles. The second-order valence-electron chi connectivity index (χ2n) is 10.9. The van der Waals surface area contributed by atoms with Crippen LogP contribution in [0.25, 0.3) is 11.0 Å².